The lowest BCUT2D eigenvalue weighted by Crippen LogP contribution is -2.12. The van der Waals surface area contributed by atoms with Crippen LogP contribution in [-0.4, -0.2) is 23.6 Å². The van der Waals surface area contributed by atoms with Gasteiger partial charge in [-0.3, -0.25) is 0 Å². The van der Waals surface area contributed by atoms with Gasteiger partial charge in [-0.1, -0.05) is 6.92 Å². The van der Waals surface area contributed by atoms with Crippen molar-refractivity contribution >= 4 is 11.6 Å². The van der Waals surface area contributed by atoms with Gasteiger partial charge in [-0.15, -0.1) is 0 Å². The van der Waals surface area contributed by atoms with Crippen LogP contribution in [0, 0.1) is 0 Å². The molecule has 0 aliphatic rings. The molecule has 0 aliphatic heterocycles. The van der Waals surface area contributed by atoms with Gasteiger partial charge in [0, 0.05) is 19.7 Å². The van der Waals surface area contributed by atoms with Crippen LogP contribution in [0.25, 0.3) is 0 Å². The van der Waals surface area contributed by atoms with Crippen molar-refractivity contribution in [2.45, 2.75) is 20.0 Å². The van der Waals surface area contributed by atoms with Crippen molar-refractivity contribution in [3.63, 3.8) is 0 Å². The van der Waals surface area contributed by atoms with Crippen LogP contribution < -0.4 is 16.6 Å². The number of anilines is 2. The number of nitrogens with one attached hydrogen (secondary N) is 2. The van der Waals surface area contributed by atoms with Crippen LogP contribution in [0.5, 0.6) is 0 Å². The Balaban J connectivity index is 2.79. The van der Waals surface area contributed by atoms with Crippen LogP contribution in [0.15, 0.2) is 6.07 Å². The van der Waals surface area contributed by atoms with E-state index in [2.05, 4.69) is 27.6 Å². The first-order valence-electron chi connectivity index (χ1n) is 4.87. The van der Waals surface area contributed by atoms with E-state index in [1.54, 1.807) is 13.2 Å². The molecule has 0 aliphatic carbocycles. The molecule has 0 saturated heterocycles. The average molecular weight is 211 g/mol. The molecule has 1 rings (SSSR count). The van der Waals surface area contributed by atoms with Crippen LogP contribution in [-0.2, 0) is 11.3 Å². The minimum absolute atomic E-state index is 0.371. The number of hydrogen-bond acceptors (Lipinski definition) is 6. The van der Waals surface area contributed by atoms with Crippen molar-refractivity contribution in [2.75, 3.05) is 24.4 Å². The largest absolute Gasteiger partial charge is 0.377 e. The normalized spacial score (nSPS) is 10.1. The highest BCUT2D eigenvalue weighted by Gasteiger charge is 2.02. The molecular formula is C9H17N5O. The molecule has 0 fully saturated rings. The third-order valence-corrected chi connectivity index (χ3v) is 1.75. The van der Waals surface area contributed by atoms with Gasteiger partial charge in [-0.05, 0) is 6.42 Å². The van der Waals surface area contributed by atoms with Gasteiger partial charge in [0.05, 0.1) is 0 Å². The molecular weight excluding hydrogens is 194 g/mol. The fraction of sp³-hybridized carbons (Fsp3) is 0.556. The Bertz CT molecular complexity index is 305. The van der Waals surface area contributed by atoms with E-state index in [1.807, 2.05) is 0 Å². The summed E-state index contributed by atoms with van der Waals surface area (Å²) in [6.45, 7) is 3.33. The Morgan fingerprint density at radius 2 is 2.13 bits per heavy atom. The summed E-state index contributed by atoms with van der Waals surface area (Å²) in [5.74, 6) is 7.24. The molecule has 0 radical (unpaired) electrons. The maximum Gasteiger partial charge on any atom is 0.158 e. The minimum atomic E-state index is 0.371. The molecule has 0 unspecified atom stereocenters. The van der Waals surface area contributed by atoms with Crippen molar-refractivity contribution in [1.29, 1.82) is 0 Å². The highest BCUT2D eigenvalue weighted by Crippen LogP contribution is 2.10. The molecule has 6 heteroatoms. The second-order valence-electron chi connectivity index (χ2n) is 3.06. The number of ether oxygens (including phenoxy) is 1. The second kappa shape index (κ2) is 6.15. The van der Waals surface area contributed by atoms with Gasteiger partial charge >= 0.3 is 0 Å². The molecule has 0 amide bonds. The predicted octanol–water partition coefficient (Wildman–Crippen LogP) is 0.730. The molecule has 0 aromatic carbocycles. The highest BCUT2D eigenvalue weighted by atomic mass is 16.5. The van der Waals surface area contributed by atoms with Crippen molar-refractivity contribution < 1.29 is 4.74 Å². The molecule has 0 atom stereocenters. The molecule has 6 nitrogen and oxygen atoms in total. The summed E-state index contributed by atoms with van der Waals surface area (Å²) in [7, 11) is 1.60. The lowest BCUT2D eigenvalue weighted by Gasteiger charge is -2.08. The smallest absolute Gasteiger partial charge is 0.158 e. The quantitative estimate of drug-likeness (QED) is 0.475. The lowest BCUT2D eigenvalue weighted by atomic mass is 10.4. The number of rotatable bonds is 6. The molecule has 0 saturated carbocycles. The SMILES string of the molecule is CCCNc1cc(NN)nc(COC)n1. The molecule has 1 aromatic rings. The predicted molar refractivity (Wildman–Crippen MR) is 59.3 cm³/mol. The van der Waals surface area contributed by atoms with Crippen molar-refractivity contribution in [2.24, 2.45) is 5.84 Å². The van der Waals surface area contributed by atoms with Crippen LogP contribution in [0.4, 0.5) is 11.6 Å². The zero-order valence-corrected chi connectivity index (χ0v) is 9.08. The van der Waals surface area contributed by atoms with E-state index in [4.69, 9.17) is 10.6 Å². The Morgan fingerprint density at radius 3 is 2.73 bits per heavy atom. The van der Waals surface area contributed by atoms with Crippen molar-refractivity contribution in [1.82, 2.24) is 9.97 Å². The first-order valence-corrected chi connectivity index (χ1v) is 4.87. The first kappa shape index (κ1) is 11.7. The summed E-state index contributed by atoms with van der Waals surface area (Å²) in [5, 5.41) is 3.17. The van der Waals surface area contributed by atoms with Crippen LogP contribution in [0.2, 0.25) is 0 Å². The van der Waals surface area contributed by atoms with E-state index in [-0.39, 0.29) is 0 Å². The zero-order chi connectivity index (χ0) is 11.1. The third-order valence-electron chi connectivity index (χ3n) is 1.75. The first-order chi connectivity index (χ1) is 7.30. The van der Waals surface area contributed by atoms with E-state index in [0.717, 1.165) is 18.8 Å². The van der Waals surface area contributed by atoms with Gasteiger partial charge in [0.1, 0.15) is 18.2 Å². The number of nitrogens with two attached hydrogens (primary N) is 1. The molecule has 0 bridgehead atoms. The topological polar surface area (TPSA) is 85.1 Å². The Labute approximate surface area is 89.2 Å². The number of hydrazine groups is 1. The van der Waals surface area contributed by atoms with E-state index >= 15 is 0 Å². The molecule has 4 N–H and O–H groups in total. The maximum atomic E-state index is 5.30. The molecule has 0 spiro atoms. The summed E-state index contributed by atoms with van der Waals surface area (Å²) in [5.41, 5.74) is 2.50. The summed E-state index contributed by atoms with van der Waals surface area (Å²) in [6.07, 6.45) is 1.04. The lowest BCUT2D eigenvalue weighted by molar-refractivity contribution is 0.178. The number of aromatic nitrogens is 2. The summed E-state index contributed by atoms with van der Waals surface area (Å²) >= 11 is 0. The van der Waals surface area contributed by atoms with Crippen molar-refractivity contribution in [3.05, 3.63) is 11.9 Å². The van der Waals surface area contributed by atoms with Crippen LogP contribution >= 0.6 is 0 Å². The summed E-state index contributed by atoms with van der Waals surface area (Å²) in [4.78, 5) is 8.40. The van der Waals surface area contributed by atoms with E-state index < -0.39 is 0 Å². The molecule has 15 heavy (non-hydrogen) atoms. The molecule has 1 heterocycles. The van der Waals surface area contributed by atoms with Gasteiger partial charge in [0.25, 0.3) is 0 Å². The Kier molecular flexibility index (Phi) is 4.79. The van der Waals surface area contributed by atoms with Gasteiger partial charge in [0.2, 0.25) is 0 Å². The maximum absolute atomic E-state index is 5.30. The Morgan fingerprint density at radius 1 is 1.40 bits per heavy atom. The number of hydrogen-bond donors (Lipinski definition) is 3. The van der Waals surface area contributed by atoms with Crippen molar-refractivity contribution in [3.8, 4) is 0 Å². The molecule has 1 aromatic heterocycles. The number of nitrogens with zero attached hydrogens (tertiary/aromatic N) is 2. The van der Waals surface area contributed by atoms with Gasteiger partial charge in [-0.2, -0.15) is 0 Å². The fourth-order valence-corrected chi connectivity index (χ4v) is 1.11. The van der Waals surface area contributed by atoms with Gasteiger partial charge in [0.15, 0.2) is 5.82 Å². The second-order valence-corrected chi connectivity index (χ2v) is 3.06. The standard InChI is InChI=1S/C9H17N5O/c1-3-4-11-7-5-8(14-10)13-9(12-7)6-15-2/h5H,3-4,6,10H2,1-2H3,(H2,11,12,13,14). The van der Waals surface area contributed by atoms with E-state index in [9.17, 15) is 0 Å². The van der Waals surface area contributed by atoms with Gasteiger partial charge < -0.3 is 15.5 Å². The minimum Gasteiger partial charge on any atom is -0.377 e. The van der Waals surface area contributed by atoms with Crippen LogP contribution in [0.1, 0.15) is 19.2 Å². The monoisotopic (exact) mass is 211 g/mol. The van der Waals surface area contributed by atoms with E-state index in [1.165, 1.54) is 0 Å². The number of methoxy groups -OCH3 is 1. The summed E-state index contributed by atoms with van der Waals surface area (Å²) < 4.78 is 4.97. The third kappa shape index (κ3) is 3.69. The van der Waals surface area contributed by atoms with Gasteiger partial charge in [-0.25, -0.2) is 15.8 Å². The molecule has 84 valence electrons. The fourth-order valence-electron chi connectivity index (χ4n) is 1.11. The van der Waals surface area contributed by atoms with Crippen LogP contribution in [0.3, 0.4) is 0 Å². The van der Waals surface area contributed by atoms with E-state index in [0.29, 0.717) is 18.2 Å². The zero-order valence-electron chi connectivity index (χ0n) is 9.08. The number of nitrogen functional groups attached to an aromatic ring is 1. The average Bonchev–Trinajstić information content (AvgIpc) is 2.26. The highest BCUT2D eigenvalue weighted by molar-refractivity contribution is 5.46. The Hall–Kier alpha value is -1.40. The summed E-state index contributed by atoms with van der Waals surface area (Å²) in [6, 6.07) is 1.76.